The van der Waals surface area contributed by atoms with E-state index in [1.54, 1.807) is 7.11 Å². The molecule has 1 aromatic rings. The third kappa shape index (κ3) is 5.80. The molecule has 0 atom stereocenters. The quantitative estimate of drug-likeness (QED) is 0.610. The molecule has 0 saturated carbocycles. The topological polar surface area (TPSA) is 77.7 Å². The van der Waals surface area contributed by atoms with Gasteiger partial charge in [0.05, 0.1) is 26.7 Å². The van der Waals surface area contributed by atoms with Gasteiger partial charge in [0.15, 0.2) is 5.82 Å². The fourth-order valence-electron chi connectivity index (χ4n) is 1.53. The third-order valence-electron chi connectivity index (χ3n) is 2.66. The number of methoxy groups -OCH3 is 2. The monoisotopic (exact) mass is 271 g/mol. The lowest BCUT2D eigenvalue weighted by atomic mass is 10.3. The van der Waals surface area contributed by atoms with E-state index in [-0.39, 0.29) is 5.97 Å². The van der Waals surface area contributed by atoms with E-state index in [1.165, 1.54) is 7.11 Å². The summed E-state index contributed by atoms with van der Waals surface area (Å²) >= 11 is 0. The molecule has 1 aromatic heterocycles. The fourth-order valence-corrected chi connectivity index (χ4v) is 1.53. The first-order chi connectivity index (χ1) is 9.19. The van der Waals surface area contributed by atoms with Crippen molar-refractivity contribution in [1.29, 1.82) is 0 Å². The summed E-state index contributed by atoms with van der Waals surface area (Å²) in [5, 5.41) is 3.84. The summed E-state index contributed by atoms with van der Waals surface area (Å²) in [4.78, 5) is 17.4. The minimum Gasteiger partial charge on any atom is -0.469 e. The zero-order chi connectivity index (χ0) is 14.1. The summed E-state index contributed by atoms with van der Waals surface area (Å²) in [6, 6.07) is 0. The van der Waals surface area contributed by atoms with E-state index in [9.17, 15) is 4.79 Å². The average Bonchev–Trinajstić information content (AvgIpc) is 2.89. The van der Waals surface area contributed by atoms with Gasteiger partial charge in [-0.1, -0.05) is 12.1 Å². The van der Waals surface area contributed by atoms with Crippen LogP contribution in [0.15, 0.2) is 4.52 Å². The van der Waals surface area contributed by atoms with E-state index in [0.717, 1.165) is 6.42 Å². The van der Waals surface area contributed by atoms with Crippen LogP contribution in [-0.4, -0.2) is 54.9 Å². The van der Waals surface area contributed by atoms with Crippen molar-refractivity contribution in [3.8, 4) is 0 Å². The Morgan fingerprint density at radius 2 is 2.16 bits per heavy atom. The van der Waals surface area contributed by atoms with E-state index in [2.05, 4.69) is 14.9 Å². The maximum Gasteiger partial charge on any atom is 0.306 e. The van der Waals surface area contributed by atoms with Crippen molar-refractivity contribution in [2.75, 3.05) is 33.9 Å². The summed E-state index contributed by atoms with van der Waals surface area (Å²) in [7, 11) is 3.02. The van der Waals surface area contributed by atoms with Crippen LogP contribution < -0.4 is 0 Å². The predicted octanol–water partition coefficient (Wildman–Crippen LogP) is 0.643. The first-order valence-corrected chi connectivity index (χ1v) is 6.29. The van der Waals surface area contributed by atoms with Crippen LogP contribution in [0.3, 0.4) is 0 Å². The van der Waals surface area contributed by atoms with Gasteiger partial charge in [0.1, 0.15) is 0 Å². The first-order valence-electron chi connectivity index (χ1n) is 6.29. The number of carbonyl (C=O) groups is 1. The van der Waals surface area contributed by atoms with Crippen LogP contribution in [0.25, 0.3) is 0 Å². The maximum absolute atomic E-state index is 11.2. The van der Waals surface area contributed by atoms with E-state index in [1.807, 2.05) is 11.8 Å². The molecule has 0 radical (unpaired) electrons. The predicted molar refractivity (Wildman–Crippen MR) is 67.5 cm³/mol. The molecule has 0 aliphatic rings. The lowest BCUT2D eigenvalue weighted by Crippen LogP contribution is -2.29. The molecule has 1 heterocycles. The lowest BCUT2D eigenvalue weighted by Gasteiger charge is -2.19. The Hall–Kier alpha value is -1.47. The van der Waals surface area contributed by atoms with E-state index >= 15 is 0 Å². The van der Waals surface area contributed by atoms with Crippen molar-refractivity contribution < 1.29 is 18.8 Å². The molecule has 0 saturated heterocycles. The van der Waals surface area contributed by atoms with Gasteiger partial charge in [-0.25, -0.2) is 0 Å². The first kappa shape index (κ1) is 15.6. The summed E-state index contributed by atoms with van der Waals surface area (Å²) in [6.07, 6.45) is 1.07. The summed E-state index contributed by atoms with van der Waals surface area (Å²) in [5.41, 5.74) is 0. The van der Waals surface area contributed by atoms with Crippen LogP contribution >= 0.6 is 0 Å². The van der Waals surface area contributed by atoms with Gasteiger partial charge in [0.2, 0.25) is 5.89 Å². The number of aromatic nitrogens is 2. The minimum absolute atomic E-state index is 0.234. The van der Waals surface area contributed by atoms with Gasteiger partial charge < -0.3 is 14.0 Å². The number of hydrogen-bond donors (Lipinski definition) is 0. The Morgan fingerprint density at radius 1 is 1.37 bits per heavy atom. The number of carbonyl (C=O) groups excluding carboxylic acids is 1. The van der Waals surface area contributed by atoms with Crippen molar-refractivity contribution in [3.63, 3.8) is 0 Å². The van der Waals surface area contributed by atoms with Gasteiger partial charge in [-0.05, 0) is 0 Å². The summed E-state index contributed by atoms with van der Waals surface area (Å²) in [6.45, 7) is 4.31. The molecule has 0 aromatic carbocycles. The highest BCUT2D eigenvalue weighted by Gasteiger charge is 2.13. The molecule has 0 bridgehead atoms. The summed E-state index contributed by atoms with van der Waals surface area (Å²) in [5.74, 6) is 1.01. The number of esters is 1. The molecule has 0 N–H and O–H groups in total. The van der Waals surface area contributed by atoms with E-state index in [0.29, 0.717) is 44.4 Å². The molecule has 19 heavy (non-hydrogen) atoms. The van der Waals surface area contributed by atoms with E-state index < -0.39 is 0 Å². The molecule has 0 spiro atoms. The Kier molecular flexibility index (Phi) is 7.06. The van der Waals surface area contributed by atoms with Crippen LogP contribution in [0.1, 0.15) is 25.1 Å². The highest BCUT2D eigenvalue weighted by molar-refractivity contribution is 5.69. The van der Waals surface area contributed by atoms with Gasteiger partial charge >= 0.3 is 5.97 Å². The van der Waals surface area contributed by atoms with Crippen molar-refractivity contribution in [2.24, 2.45) is 0 Å². The SMILES string of the molecule is CCc1noc(CN(CCOC)CCC(=O)OC)n1. The second-order valence-corrected chi connectivity index (χ2v) is 4.05. The van der Waals surface area contributed by atoms with Crippen LogP contribution in [0, 0.1) is 0 Å². The Bertz CT molecular complexity index is 381. The van der Waals surface area contributed by atoms with Crippen LogP contribution in [-0.2, 0) is 27.2 Å². The zero-order valence-corrected chi connectivity index (χ0v) is 11.7. The van der Waals surface area contributed by atoms with Gasteiger partial charge in [0.25, 0.3) is 0 Å². The van der Waals surface area contributed by atoms with Crippen molar-refractivity contribution in [2.45, 2.75) is 26.3 Å². The van der Waals surface area contributed by atoms with Gasteiger partial charge in [-0.15, -0.1) is 0 Å². The third-order valence-corrected chi connectivity index (χ3v) is 2.66. The zero-order valence-electron chi connectivity index (χ0n) is 11.7. The number of rotatable bonds is 9. The summed E-state index contributed by atoms with van der Waals surface area (Å²) < 4.78 is 14.8. The largest absolute Gasteiger partial charge is 0.469 e. The second kappa shape index (κ2) is 8.60. The smallest absolute Gasteiger partial charge is 0.306 e. The van der Waals surface area contributed by atoms with Crippen molar-refractivity contribution in [1.82, 2.24) is 15.0 Å². The molecule has 108 valence electrons. The number of ether oxygens (including phenoxy) is 2. The van der Waals surface area contributed by atoms with Crippen molar-refractivity contribution in [3.05, 3.63) is 11.7 Å². The molecular weight excluding hydrogens is 250 g/mol. The Morgan fingerprint density at radius 3 is 2.74 bits per heavy atom. The Balaban J connectivity index is 2.50. The number of aryl methyl sites for hydroxylation is 1. The maximum atomic E-state index is 11.2. The molecule has 0 aliphatic heterocycles. The van der Waals surface area contributed by atoms with Gasteiger partial charge in [-0.2, -0.15) is 4.98 Å². The number of nitrogens with zero attached hydrogens (tertiary/aromatic N) is 3. The second-order valence-electron chi connectivity index (χ2n) is 4.05. The molecule has 7 heteroatoms. The molecule has 1 rings (SSSR count). The fraction of sp³-hybridized carbons (Fsp3) is 0.750. The molecule has 0 amide bonds. The minimum atomic E-state index is -0.234. The highest BCUT2D eigenvalue weighted by Crippen LogP contribution is 2.04. The van der Waals surface area contributed by atoms with Crippen molar-refractivity contribution >= 4 is 5.97 Å². The van der Waals surface area contributed by atoms with Crippen LogP contribution in [0.5, 0.6) is 0 Å². The average molecular weight is 271 g/mol. The van der Waals surface area contributed by atoms with Crippen LogP contribution in [0.4, 0.5) is 0 Å². The van der Waals surface area contributed by atoms with Crippen LogP contribution in [0.2, 0.25) is 0 Å². The normalized spacial score (nSPS) is 10.9. The molecule has 7 nitrogen and oxygen atoms in total. The molecule has 0 aliphatic carbocycles. The molecular formula is C12H21N3O4. The Labute approximate surface area is 112 Å². The molecule has 0 fully saturated rings. The van der Waals surface area contributed by atoms with Gasteiger partial charge in [0, 0.05) is 26.6 Å². The number of hydrogen-bond acceptors (Lipinski definition) is 7. The lowest BCUT2D eigenvalue weighted by molar-refractivity contribution is -0.141. The molecule has 0 unspecified atom stereocenters. The van der Waals surface area contributed by atoms with Gasteiger partial charge in [-0.3, -0.25) is 9.69 Å². The van der Waals surface area contributed by atoms with E-state index in [4.69, 9.17) is 9.26 Å². The highest BCUT2D eigenvalue weighted by atomic mass is 16.5. The standard InChI is InChI=1S/C12H21N3O4/c1-4-10-13-11(19-14-10)9-15(7-8-17-2)6-5-12(16)18-3/h4-9H2,1-3H3.